The van der Waals surface area contributed by atoms with Crippen LogP contribution in [-0.2, 0) is 9.59 Å². The molecular weight excluding hydrogens is 154 g/mol. The molecule has 11 heavy (non-hydrogen) atoms. The van der Waals surface area contributed by atoms with E-state index in [1.807, 2.05) is 0 Å². The number of hydrogen-bond donors (Lipinski definition) is 4. The van der Waals surface area contributed by atoms with E-state index < -0.39 is 24.3 Å². The van der Waals surface area contributed by atoms with Crippen LogP contribution in [0.5, 0.6) is 0 Å². The molecule has 0 spiro atoms. The molecule has 0 fully saturated rings. The predicted molar refractivity (Wildman–Crippen MR) is 34.9 cm³/mol. The van der Waals surface area contributed by atoms with Crippen molar-refractivity contribution in [2.45, 2.75) is 0 Å². The SMILES string of the molecule is NNC(=NCC(=O)O)C(=O)O. The minimum absolute atomic E-state index is 0.576. The van der Waals surface area contributed by atoms with E-state index in [1.54, 1.807) is 5.43 Å². The zero-order valence-corrected chi connectivity index (χ0v) is 5.44. The Labute approximate surface area is 61.5 Å². The van der Waals surface area contributed by atoms with E-state index in [9.17, 15) is 9.59 Å². The molecular formula is C4H7N3O4. The largest absolute Gasteiger partial charge is 0.480 e. The number of nitrogens with zero attached hydrogens (tertiary/aromatic N) is 1. The van der Waals surface area contributed by atoms with Crippen molar-refractivity contribution in [2.75, 3.05) is 6.54 Å². The van der Waals surface area contributed by atoms with Crippen LogP contribution in [0, 0.1) is 0 Å². The molecule has 62 valence electrons. The van der Waals surface area contributed by atoms with Crippen LogP contribution in [0.1, 0.15) is 0 Å². The number of amidine groups is 1. The molecule has 0 amide bonds. The maximum Gasteiger partial charge on any atom is 0.372 e. The molecule has 5 N–H and O–H groups in total. The highest BCUT2D eigenvalue weighted by molar-refractivity contribution is 6.34. The number of carbonyl (C=O) groups is 2. The van der Waals surface area contributed by atoms with Gasteiger partial charge in [-0.3, -0.25) is 4.79 Å². The maximum absolute atomic E-state index is 10.1. The van der Waals surface area contributed by atoms with E-state index in [0.717, 1.165) is 0 Å². The van der Waals surface area contributed by atoms with E-state index in [1.165, 1.54) is 0 Å². The summed E-state index contributed by atoms with van der Waals surface area (Å²) in [4.78, 5) is 23.1. The van der Waals surface area contributed by atoms with Gasteiger partial charge in [-0.25, -0.2) is 15.6 Å². The van der Waals surface area contributed by atoms with Crippen LogP contribution in [-0.4, -0.2) is 34.5 Å². The van der Waals surface area contributed by atoms with Gasteiger partial charge in [0.1, 0.15) is 6.54 Å². The van der Waals surface area contributed by atoms with Crippen molar-refractivity contribution in [2.24, 2.45) is 10.8 Å². The Balaban J connectivity index is 4.13. The second kappa shape index (κ2) is 4.23. The number of aliphatic carboxylic acids is 2. The number of carboxylic acid groups (broad SMARTS) is 2. The molecule has 0 aliphatic rings. The average Bonchev–Trinajstić information content (AvgIpc) is 1.87. The van der Waals surface area contributed by atoms with Gasteiger partial charge in [0, 0.05) is 0 Å². The second-order valence-electron chi connectivity index (χ2n) is 1.51. The molecule has 0 aliphatic heterocycles. The van der Waals surface area contributed by atoms with Gasteiger partial charge in [0.05, 0.1) is 0 Å². The number of nitrogens with two attached hydrogens (primary N) is 1. The summed E-state index contributed by atoms with van der Waals surface area (Å²) < 4.78 is 0. The van der Waals surface area contributed by atoms with Gasteiger partial charge in [0.25, 0.3) is 0 Å². The van der Waals surface area contributed by atoms with Crippen molar-refractivity contribution in [3.63, 3.8) is 0 Å². The number of aliphatic imine (C=N–C) groups is 1. The van der Waals surface area contributed by atoms with Crippen molar-refractivity contribution in [3.05, 3.63) is 0 Å². The van der Waals surface area contributed by atoms with Gasteiger partial charge in [-0.2, -0.15) is 0 Å². The molecule has 0 aromatic heterocycles. The Bertz CT molecular complexity index is 200. The fraction of sp³-hybridized carbons (Fsp3) is 0.250. The monoisotopic (exact) mass is 161 g/mol. The summed E-state index contributed by atoms with van der Waals surface area (Å²) >= 11 is 0. The number of rotatable bonds is 2. The van der Waals surface area contributed by atoms with Crippen LogP contribution < -0.4 is 11.3 Å². The molecule has 0 saturated heterocycles. The zero-order chi connectivity index (χ0) is 8.85. The van der Waals surface area contributed by atoms with Crippen LogP contribution in [0.3, 0.4) is 0 Å². The van der Waals surface area contributed by atoms with Gasteiger partial charge in [-0.1, -0.05) is 0 Å². The first kappa shape index (κ1) is 9.37. The summed E-state index contributed by atoms with van der Waals surface area (Å²) in [7, 11) is 0. The smallest absolute Gasteiger partial charge is 0.372 e. The molecule has 0 saturated carbocycles. The highest BCUT2D eigenvalue weighted by Crippen LogP contribution is 1.74. The quantitative estimate of drug-likeness (QED) is 0.161. The van der Waals surface area contributed by atoms with Gasteiger partial charge >= 0.3 is 11.9 Å². The van der Waals surface area contributed by atoms with E-state index >= 15 is 0 Å². The predicted octanol–water partition coefficient (Wildman–Crippen LogP) is -1.98. The number of hydrazine groups is 1. The number of carboxylic acids is 2. The van der Waals surface area contributed by atoms with E-state index in [0.29, 0.717) is 0 Å². The van der Waals surface area contributed by atoms with E-state index in [2.05, 4.69) is 4.99 Å². The Kier molecular flexibility index (Phi) is 3.60. The van der Waals surface area contributed by atoms with E-state index in [4.69, 9.17) is 16.1 Å². The van der Waals surface area contributed by atoms with Gasteiger partial charge in [-0.05, 0) is 0 Å². The van der Waals surface area contributed by atoms with Crippen LogP contribution in [0.25, 0.3) is 0 Å². The maximum atomic E-state index is 10.1. The summed E-state index contributed by atoms with van der Waals surface area (Å²) in [6.45, 7) is -0.619. The molecule has 0 aliphatic carbocycles. The number of nitrogens with one attached hydrogen (secondary N) is 1. The summed E-state index contributed by atoms with van der Waals surface area (Å²) in [5.41, 5.74) is 1.74. The highest BCUT2D eigenvalue weighted by atomic mass is 16.4. The molecule has 0 atom stereocenters. The standard InChI is InChI=1S/C4H7N3O4/c5-7-3(4(10)11)6-1-2(8)9/h1,5H2,(H,6,7)(H,8,9)(H,10,11). The second-order valence-corrected chi connectivity index (χ2v) is 1.51. The summed E-state index contributed by atoms with van der Waals surface area (Å²) in [5.74, 6) is 1.51. The normalized spacial score (nSPS) is 10.8. The summed E-state index contributed by atoms with van der Waals surface area (Å²) in [6.07, 6.45) is 0. The van der Waals surface area contributed by atoms with Crippen molar-refractivity contribution in [1.29, 1.82) is 0 Å². The van der Waals surface area contributed by atoms with Crippen molar-refractivity contribution < 1.29 is 19.8 Å². The van der Waals surface area contributed by atoms with Gasteiger partial charge < -0.3 is 15.6 Å². The number of hydrogen-bond acceptors (Lipinski definition) is 4. The molecule has 0 aromatic carbocycles. The first-order valence-electron chi connectivity index (χ1n) is 2.54. The van der Waals surface area contributed by atoms with E-state index in [-0.39, 0.29) is 0 Å². The van der Waals surface area contributed by atoms with Gasteiger partial charge in [0.2, 0.25) is 5.84 Å². The van der Waals surface area contributed by atoms with Gasteiger partial charge in [0.15, 0.2) is 0 Å². The molecule has 0 rings (SSSR count). The van der Waals surface area contributed by atoms with Crippen LogP contribution in [0.15, 0.2) is 4.99 Å². The minimum atomic E-state index is -1.39. The zero-order valence-electron chi connectivity index (χ0n) is 5.44. The van der Waals surface area contributed by atoms with Crippen LogP contribution in [0.2, 0.25) is 0 Å². The molecule has 0 bridgehead atoms. The first-order chi connectivity index (χ1) is 5.07. The topological polar surface area (TPSA) is 125 Å². The molecule has 0 heterocycles. The fourth-order valence-corrected chi connectivity index (χ4v) is 0.322. The van der Waals surface area contributed by atoms with Crippen LogP contribution >= 0.6 is 0 Å². The lowest BCUT2D eigenvalue weighted by atomic mass is 10.6. The van der Waals surface area contributed by atoms with Crippen molar-refractivity contribution in [1.82, 2.24) is 5.43 Å². The lowest BCUT2D eigenvalue weighted by Crippen LogP contribution is -2.37. The Morgan fingerprint density at radius 3 is 2.27 bits per heavy atom. The average molecular weight is 161 g/mol. The molecule has 0 unspecified atom stereocenters. The summed E-state index contributed by atoms with van der Waals surface area (Å²) in [6, 6.07) is 0. The first-order valence-corrected chi connectivity index (χ1v) is 2.54. The molecule has 0 aromatic rings. The molecule has 7 heteroatoms. The van der Waals surface area contributed by atoms with Crippen LogP contribution in [0.4, 0.5) is 0 Å². The van der Waals surface area contributed by atoms with Crippen molar-refractivity contribution in [3.8, 4) is 0 Å². The Morgan fingerprint density at radius 1 is 1.45 bits per heavy atom. The Hall–Kier alpha value is -1.63. The lowest BCUT2D eigenvalue weighted by Gasteiger charge is -1.96. The minimum Gasteiger partial charge on any atom is -0.480 e. The Morgan fingerprint density at radius 2 is 2.00 bits per heavy atom. The van der Waals surface area contributed by atoms with Crippen molar-refractivity contribution >= 4 is 17.8 Å². The third-order valence-corrected chi connectivity index (χ3v) is 0.712. The van der Waals surface area contributed by atoms with Gasteiger partial charge in [-0.15, -0.1) is 0 Å². The molecule has 7 nitrogen and oxygen atoms in total. The molecule has 0 radical (unpaired) electrons. The third kappa shape index (κ3) is 3.87. The lowest BCUT2D eigenvalue weighted by molar-refractivity contribution is -0.135. The summed E-state index contributed by atoms with van der Waals surface area (Å²) in [5, 5.41) is 16.3. The fourth-order valence-electron chi connectivity index (χ4n) is 0.322. The third-order valence-electron chi connectivity index (χ3n) is 0.712. The highest BCUT2D eigenvalue weighted by Gasteiger charge is 2.06.